The molecule has 0 aliphatic carbocycles. The molecule has 1 fully saturated rings. The normalized spacial score (nSPS) is 15.0. The van der Waals surface area contributed by atoms with E-state index in [1.54, 1.807) is 119 Å². The van der Waals surface area contributed by atoms with Crippen LogP contribution in [0.3, 0.4) is 0 Å². The van der Waals surface area contributed by atoms with Gasteiger partial charge in [-0.3, -0.25) is 82.1 Å². The molecule has 1 aliphatic rings. The highest BCUT2D eigenvalue weighted by Crippen LogP contribution is 2.21. The number of carbonyl (C=O) groups is 17. The van der Waals surface area contributed by atoms with Gasteiger partial charge >= 0.3 is 5.97 Å². The van der Waals surface area contributed by atoms with Gasteiger partial charge in [0.05, 0.1) is 12.9 Å². The second kappa shape index (κ2) is 49.2. The molecule has 0 radical (unpaired) electrons. The van der Waals surface area contributed by atoms with Gasteiger partial charge in [0.2, 0.25) is 94.5 Å². The van der Waals surface area contributed by atoms with Crippen molar-refractivity contribution in [1.29, 1.82) is 5.41 Å². The lowest BCUT2D eigenvalue weighted by molar-refractivity contribution is -0.142. The van der Waals surface area contributed by atoms with Crippen molar-refractivity contribution in [1.82, 2.24) is 94.7 Å². The zero-order valence-corrected chi connectivity index (χ0v) is 68.6. The molecule has 656 valence electrons. The molecule has 121 heavy (non-hydrogen) atoms. The van der Waals surface area contributed by atoms with Crippen LogP contribution in [0.4, 0.5) is 0 Å². The molecule has 40 heteroatoms. The van der Waals surface area contributed by atoms with E-state index in [0.29, 0.717) is 46.1 Å². The fraction of sp³-hybridized carbons (Fsp3) is 0.494. The van der Waals surface area contributed by atoms with Crippen LogP contribution >= 0.6 is 0 Å². The van der Waals surface area contributed by atoms with Gasteiger partial charge in [0.15, 0.2) is 5.96 Å². The second-order valence-corrected chi connectivity index (χ2v) is 30.4. The summed E-state index contributed by atoms with van der Waals surface area (Å²) < 4.78 is 0. The Balaban J connectivity index is 1.14. The number of guanidine groups is 1. The molecular weight excluding hydrogens is 1570 g/mol. The highest BCUT2D eigenvalue weighted by Gasteiger charge is 2.38. The number of fused-ring (bicyclic) bond motifs is 1. The number of nitrogens with two attached hydrogens (primary N) is 3. The van der Waals surface area contributed by atoms with Gasteiger partial charge in [-0.25, -0.2) is 9.78 Å². The number of amides is 16. The van der Waals surface area contributed by atoms with Crippen molar-refractivity contribution in [2.45, 2.75) is 223 Å². The van der Waals surface area contributed by atoms with E-state index in [2.05, 4.69) is 94.7 Å². The molecule has 0 bridgehead atoms. The van der Waals surface area contributed by atoms with Gasteiger partial charge in [0.25, 0.3) is 0 Å². The van der Waals surface area contributed by atoms with Crippen molar-refractivity contribution in [3.05, 3.63) is 126 Å². The van der Waals surface area contributed by atoms with Gasteiger partial charge in [-0.15, -0.1) is 0 Å². The maximum atomic E-state index is 14.8. The van der Waals surface area contributed by atoms with Crippen molar-refractivity contribution in [3.8, 4) is 0 Å². The molecule has 1 saturated heterocycles. The first-order valence-electron chi connectivity index (χ1n) is 40.2. The molecule has 2 aromatic heterocycles. The highest BCUT2D eigenvalue weighted by atomic mass is 16.4. The summed E-state index contributed by atoms with van der Waals surface area (Å²) in [7, 11) is 0. The number of para-hydroxylation sites is 1. The van der Waals surface area contributed by atoms with Crippen LogP contribution in [0, 0.1) is 17.2 Å². The highest BCUT2D eigenvalue weighted by molar-refractivity contribution is 6.00. The van der Waals surface area contributed by atoms with E-state index < -0.39 is 199 Å². The van der Waals surface area contributed by atoms with Gasteiger partial charge in [-0.05, 0) is 86.5 Å². The zero-order chi connectivity index (χ0) is 88.8. The van der Waals surface area contributed by atoms with Gasteiger partial charge < -0.3 is 112 Å². The Bertz CT molecular complexity index is 4410. The van der Waals surface area contributed by atoms with Crippen LogP contribution in [-0.2, 0) is 107 Å². The number of rotatable bonds is 52. The quantitative estimate of drug-likeness (QED) is 0.0106. The number of hydrogen-bond donors (Lipinski definition) is 22. The number of carboxylic acid groups (broad SMARTS) is 1. The predicted octanol–water partition coefficient (Wildman–Crippen LogP) is -2.81. The van der Waals surface area contributed by atoms with Crippen LogP contribution < -0.4 is 97.0 Å². The number of H-pyrrole nitrogens is 2. The van der Waals surface area contributed by atoms with Crippen LogP contribution in [0.1, 0.15) is 147 Å². The topological polar surface area (TPSA) is 637 Å². The van der Waals surface area contributed by atoms with E-state index in [1.807, 2.05) is 6.92 Å². The number of carboxylic acids is 1. The molecule has 0 spiro atoms. The van der Waals surface area contributed by atoms with Crippen LogP contribution in [0.2, 0.25) is 0 Å². The molecule has 3 heterocycles. The lowest BCUT2D eigenvalue weighted by atomic mass is 10.0. The summed E-state index contributed by atoms with van der Waals surface area (Å²) in [6, 6.07) is 7.54. The van der Waals surface area contributed by atoms with E-state index in [4.69, 9.17) is 22.6 Å². The molecule has 1 aliphatic heterocycles. The molecule has 16 amide bonds. The van der Waals surface area contributed by atoms with Gasteiger partial charge in [-0.1, -0.05) is 126 Å². The molecule has 3 aromatic carbocycles. The van der Waals surface area contributed by atoms with Crippen LogP contribution in [0.25, 0.3) is 10.9 Å². The lowest BCUT2D eigenvalue weighted by Gasteiger charge is -2.27. The number of aliphatic carboxylic acids is 1. The Morgan fingerprint density at radius 1 is 0.496 bits per heavy atom. The number of aromatic nitrogens is 3. The maximum absolute atomic E-state index is 14.8. The number of benzene rings is 3. The minimum Gasteiger partial charge on any atom is -0.480 e. The Kier molecular flexibility index (Phi) is 39.2. The molecule has 0 unspecified atom stereocenters. The number of aromatic amines is 2. The minimum absolute atomic E-state index is 0.0235. The van der Waals surface area contributed by atoms with Crippen molar-refractivity contribution < 1.29 is 86.6 Å². The summed E-state index contributed by atoms with van der Waals surface area (Å²) in [5.74, 6) is -15.8. The molecule has 6 rings (SSSR count). The van der Waals surface area contributed by atoms with Gasteiger partial charge in [-0.2, -0.15) is 0 Å². The SMILES string of the molecule is CCCC[C@H](NC(=O)[C@H](Cc1ccccc1)NC(=O)[C@H](Cc1cnc[nH]1)NC(=O)CCNC(=O)[C@@H](NC(=O)[C@H](C)NC(=O)[C@H](Cc1c[nH]c2ccccc12)NC(=O)[C@H](CCC(N)=O)NC(=O)[C@@H](Cc1ccccc1)NC(=O)CNC(=O)[C@H](CC(C)C)NC(=O)[C@H](CCCNC(=N)N)NC(=O)[C@H](CCC(N)=O)NC(=O)[C@@H]1CCC(=O)N1)C(C)C)C(=O)O. The summed E-state index contributed by atoms with van der Waals surface area (Å²) in [4.78, 5) is 242. The molecule has 40 nitrogen and oxygen atoms in total. The first kappa shape index (κ1) is 96.5. The number of nitrogens with one attached hydrogen (secondary N) is 18. The lowest BCUT2D eigenvalue weighted by Crippen LogP contribution is -2.60. The van der Waals surface area contributed by atoms with E-state index in [-0.39, 0.29) is 108 Å². The van der Waals surface area contributed by atoms with Crippen molar-refractivity contribution >= 4 is 117 Å². The molecule has 25 N–H and O–H groups in total. The van der Waals surface area contributed by atoms with Crippen LogP contribution in [-0.4, -0.2) is 219 Å². The summed E-state index contributed by atoms with van der Waals surface area (Å²) in [5, 5.41) is 57.0. The number of imidazole rings is 1. The third kappa shape index (κ3) is 33.5. The van der Waals surface area contributed by atoms with Crippen molar-refractivity contribution in [3.63, 3.8) is 0 Å². The fourth-order valence-electron chi connectivity index (χ4n) is 13.1. The number of nitrogens with zero attached hydrogens (tertiary/aromatic N) is 1. The molecular formula is C81H114N22O18. The average Bonchev–Trinajstić information content (AvgIpc) is 1.70. The standard InChI is InChI=1S/C81H114N22O18/c1-7-8-23-57(80(120)121)99-77(117)60(37-48-20-13-10-14-21-48)101-78(118)62(39-50-41-86-43-91-50)94-66(107)32-34-87-79(119)68(45(4)5)103-69(109)46(6)92-75(115)61(38-49-40-89-52-24-16-15-22-51(49)52)102-74(114)56(27-30-64(83)105)98-76(116)59(36-47-18-11-9-12-19-47)95-67(108)42-90-70(110)58(35-44(2)3)100-71(111)53(25-17-33-88-81(84)85)96-73(113)55(26-29-63(82)104)97-72(112)54-28-31-65(106)93-54/h9-16,18-22,24,40-41,43-46,53-62,68,89H,7-8,17,23,25-39,42H2,1-6H3,(H2,82,104)(H2,83,105)(H,86,91)(H,87,119)(H,90,110)(H,92,115)(H,93,106)(H,94,107)(H,95,108)(H,96,113)(H,97,112)(H,98,116)(H,99,117)(H,100,111)(H,101,118)(H,102,114)(H,103,109)(H,120,121)(H4,84,85,88)/t46-,53-,54-,55-,56-,57-,58-,59+,60-,61-,62-,68-/m0/s1. The van der Waals surface area contributed by atoms with E-state index in [9.17, 15) is 86.6 Å². The van der Waals surface area contributed by atoms with Crippen molar-refractivity contribution in [2.24, 2.45) is 29.0 Å². The van der Waals surface area contributed by atoms with E-state index >= 15 is 0 Å². The first-order valence-corrected chi connectivity index (χ1v) is 40.2. The second-order valence-electron chi connectivity index (χ2n) is 30.4. The first-order chi connectivity index (χ1) is 57.6. The average molecular weight is 1680 g/mol. The van der Waals surface area contributed by atoms with Crippen molar-refractivity contribution in [2.75, 3.05) is 19.6 Å². The Morgan fingerprint density at radius 3 is 1.54 bits per heavy atom. The summed E-state index contributed by atoms with van der Waals surface area (Å²) in [5.41, 5.74) is 19.2. The van der Waals surface area contributed by atoms with E-state index in [0.717, 1.165) is 0 Å². The summed E-state index contributed by atoms with van der Waals surface area (Å²) >= 11 is 0. The Labute approximate surface area is 699 Å². The molecule has 12 atom stereocenters. The van der Waals surface area contributed by atoms with Crippen LogP contribution in [0.15, 0.2) is 104 Å². The molecule has 5 aromatic rings. The number of unbranched alkanes of at least 4 members (excludes halogenated alkanes) is 1. The van der Waals surface area contributed by atoms with Gasteiger partial charge in [0, 0.05) is 93.4 Å². The monoisotopic (exact) mass is 1680 g/mol. The molecule has 0 saturated carbocycles. The number of carbonyl (C=O) groups excluding carboxylic acids is 16. The van der Waals surface area contributed by atoms with Crippen LogP contribution in [0.5, 0.6) is 0 Å². The Morgan fingerprint density at radius 2 is 1.00 bits per heavy atom. The van der Waals surface area contributed by atoms with E-state index in [1.165, 1.54) is 19.4 Å². The fourth-order valence-corrected chi connectivity index (χ4v) is 13.1. The number of hydrogen-bond acceptors (Lipinski definition) is 19. The summed E-state index contributed by atoms with van der Waals surface area (Å²) in [6.07, 6.45) is 3.24. The Hall–Kier alpha value is -13.3. The largest absolute Gasteiger partial charge is 0.480 e. The number of primary amides is 2. The third-order valence-electron chi connectivity index (χ3n) is 19.6. The van der Waals surface area contributed by atoms with Gasteiger partial charge in [0.1, 0.15) is 72.5 Å². The third-order valence-corrected chi connectivity index (χ3v) is 19.6. The zero-order valence-electron chi connectivity index (χ0n) is 68.6. The maximum Gasteiger partial charge on any atom is 0.326 e. The minimum atomic E-state index is -1.66. The smallest absolute Gasteiger partial charge is 0.326 e. The summed E-state index contributed by atoms with van der Waals surface area (Å²) in [6.45, 7) is 8.86. The predicted molar refractivity (Wildman–Crippen MR) is 441 cm³/mol.